The minimum absolute atomic E-state index is 0.0155. The zero-order valence-electron chi connectivity index (χ0n) is 7.70. The largest absolute Gasteiger partial charge is 0.483 e. The molecular formula is C10H10ClNO2. The van der Waals surface area contributed by atoms with Gasteiger partial charge in [-0.3, -0.25) is 0 Å². The highest BCUT2D eigenvalue weighted by molar-refractivity contribution is 6.31. The lowest BCUT2D eigenvalue weighted by Crippen LogP contribution is -2.13. The van der Waals surface area contributed by atoms with E-state index in [4.69, 9.17) is 21.4 Å². The molecule has 1 unspecified atom stereocenters. The van der Waals surface area contributed by atoms with E-state index < -0.39 is 0 Å². The standard InChI is InChI=1S/C10H10ClNO2/c1-6-2-3-7-4-8(5-13)12-10(11)9(7)14-6/h2-4,6,13H,5H2,1H3. The molecule has 74 valence electrons. The van der Waals surface area contributed by atoms with Crippen LogP contribution in [0.15, 0.2) is 12.1 Å². The summed E-state index contributed by atoms with van der Waals surface area (Å²) in [5.41, 5.74) is 1.42. The fourth-order valence-corrected chi connectivity index (χ4v) is 1.62. The van der Waals surface area contributed by atoms with Crippen molar-refractivity contribution in [2.75, 3.05) is 0 Å². The number of fused-ring (bicyclic) bond motifs is 1. The maximum atomic E-state index is 8.93. The lowest BCUT2D eigenvalue weighted by Gasteiger charge is -2.19. The SMILES string of the molecule is CC1C=Cc2cc(CO)nc(Cl)c2O1. The van der Waals surface area contributed by atoms with Crippen LogP contribution in [-0.2, 0) is 6.61 Å². The van der Waals surface area contributed by atoms with Gasteiger partial charge in [0.05, 0.1) is 12.3 Å². The number of aliphatic hydroxyl groups is 1. The third-order valence-corrected chi connectivity index (χ3v) is 2.28. The normalized spacial score (nSPS) is 18.9. The zero-order valence-corrected chi connectivity index (χ0v) is 8.45. The summed E-state index contributed by atoms with van der Waals surface area (Å²) in [6.45, 7) is 1.81. The second-order valence-corrected chi connectivity index (χ2v) is 3.52. The predicted octanol–water partition coefficient (Wildman–Crippen LogP) is 2.02. The second-order valence-electron chi connectivity index (χ2n) is 3.16. The van der Waals surface area contributed by atoms with Gasteiger partial charge in [0.1, 0.15) is 6.10 Å². The molecule has 0 bridgehead atoms. The van der Waals surface area contributed by atoms with E-state index in [2.05, 4.69) is 4.98 Å². The summed E-state index contributed by atoms with van der Waals surface area (Å²) in [5, 5.41) is 9.24. The van der Waals surface area contributed by atoms with Gasteiger partial charge < -0.3 is 9.84 Å². The number of rotatable bonds is 1. The van der Waals surface area contributed by atoms with E-state index in [-0.39, 0.29) is 12.7 Å². The molecule has 0 saturated heterocycles. The molecule has 0 amide bonds. The van der Waals surface area contributed by atoms with Gasteiger partial charge in [-0.15, -0.1) is 0 Å². The van der Waals surface area contributed by atoms with Crippen molar-refractivity contribution in [3.63, 3.8) is 0 Å². The first-order valence-electron chi connectivity index (χ1n) is 4.36. The molecule has 4 heteroatoms. The molecule has 0 saturated carbocycles. The molecule has 1 aromatic heterocycles. The molecule has 1 aromatic rings. The van der Waals surface area contributed by atoms with Crippen molar-refractivity contribution in [1.29, 1.82) is 0 Å². The summed E-state index contributed by atoms with van der Waals surface area (Å²) >= 11 is 5.91. The Morgan fingerprint density at radius 1 is 1.64 bits per heavy atom. The molecule has 1 atom stereocenters. The third kappa shape index (κ3) is 1.61. The highest BCUT2D eigenvalue weighted by Crippen LogP contribution is 2.32. The monoisotopic (exact) mass is 211 g/mol. The van der Waals surface area contributed by atoms with Crippen LogP contribution >= 0.6 is 11.6 Å². The van der Waals surface area contributed by atoms with Crippen molar-refractivity contribution in [3.05, 3.63) is 28.6 Å². The molecule has 0 radical (unpaired) electrons. The lowest BCUT2D eigenvalue weighted by atomic mass is 10.1. The van der Waals surface area contributed by atoms with E-state index >= 15 is 0 Å². The molecule has 0 aliphatic carbocycles. The van der Waals surface area contributed by atoms with E-state index in [0.29, 0.717) is 16.6 Å². The summed E-state index contributed by atoms with van der Waals surface area (Å²) in [7, 11) is 0. The Kier molecular flexibility index (Phi) is 2.44. The van der Waals surface area contributed by atoms with Crippen LogP contribution in [0, 0.1) is 0 Å². The van der Waals surface area contributed by atoms with Crippen molar-refractivity contribution in [3.8, 4) is 5.75 Å². The van der Waals surface area contributed by atoms with Gasteiger partial charge in [0.25, 0.3) is 0 Å². The van der Waals surface area contributed by atoms with Gasteiger partial charge in [0.15, 0.2) is 10.9 Å². The number of aliphatic hydroxyl groups excluding tert-OH is 1. The molecule has 2 heterocycles. The van der Waals surface area contributed by atoms with Gasteiger partial charge in [0.2, 0.25) is 0 Å². The Balaban J connectivity index is 2.51. The topological polar surface area (TPSA) is 42.4 Å². The van der Waals surface area contributed by atoms with Crippen LogP contribution in [0.3, 0.4) is 0 Å². The molecule has 0 aromatic carbocycles. The highest BCUT2D eigenvalue weighted by Gasteiger charge is 2.16. The average Bonchev–Trinajstić information content (AvgIpc) is 2.19. The van der Waals surface area contributed by atoms with Gasteiger partial charge in [-0.05, 0) is 19.1 Å². The maximum absolute atomic E-state index is 8.93. The predicted molar refractivity (Wildman–Crippen MR) is 54.3 cm³/mol. The van der Waals surface area contributed by atoms with Crippen molar-refractivity contribution < 1.29 is 9.84 Å². The van der Waals surface area contributed by atoms with E-state index in [9.17, 15) is 0 Å². The summed E-state index contributed by atoms with van der Waals surface area (Å²) in [6.07, 6.45) is 3.87. The minimum Gasteiger partial charge on any atom is -0.483 e. The minimum atomic E-state index is -0.115. The van der Waals surface area contributed by atoms with Gasteiger partial charge >= 0.3 is 0 Å². The van der Waals surface area contributed by atoms with Crippen molar-refractivity contribution in [2.24, 2.45) is 0 Å². The van der Waals surface area contributed by atoms with Crippen LogP contribution in [0.5, 0.6) is 5.75 Å². The molecule has 2 rings (SSSR count). The first kappa shape index (κ1) is 9.49. The Morgan fingerprint density at radius 2 is 2.43 bits per heavy atom. The molecule has 0 spiro atoms. The summed E-state index contributed by atoms with van der Waals surface area (Å²) in [5.74, 6) is 0.596. The maximum Gasteiger partial charge on any atom is 0.172 e. The van der Waals surface area contributed by atoms with Crippen LogP contribution in [0.4, 0.5) is 0 Å². The molecular weight excluding hydrogens is 202 g/mol. The van der Waals surface area contributed by atoms with E-state index in [1.54, 1.807) is 6.07 Å². The quantitative estimate of drug-likeness (QED) is 0.723. The number of hydrogen-bond acceptors (Lipinski definition) is 3. The first-order chi connectivity index (χ1) is 6.70. The Labute approximate surface area is 87.0 Å². The number of aromatic nitrogens is 1. The molecule has 0 fully saturated rings. The van der Waals surface area contributed by atoms with E-state index in [1.165, 1.54) is 0 Å². The van der Waals surface area contributed by atoms with Crippen LogP contribution < -0.4 is 4.74 Å². The Hall–Kier alpha value is -1.06. The van der Waals surface area contributed by atoms with Crippen molar-refractivity contribution >= 4 is 17.7 Å². The number of ether oxygens (including phenoxy) is 1. The zero-order chi connectivity index (χ0) is 10.1. The number of hydrogen-bond donors (Lipinski definition) is 1. The van der Waals surface area contributed by atoms with Gasteiger partial charge in [-0.2, -0.15) is 0 Å². The molecule has 14 heavy (non-hydrogen) atoms. The number of halogens is 1. The third-order valence-electron chi connectivity index (χ3n) is 2.03. The number of nitrogens with zero attached hydrogens (tertiary/aromatic N) is 1. The van der Waals surface area contributed by atoms with Crippen LogP contribution in [0.1, 0.15) is 18.2 Å². The summed E-state index contributed by atoms with van der Waals surface area (Å²) in [6, 6.07) is 1.77. The van der Waals surface area contributed by atoms with Crippen LogP contribution in [-0.4, -0.2) is 16.2 Å². The van der Waals surface area contributed by atoms with Gasteiger partial charge in [-0.1, -0.05) is 17.7 Å². The molecule has 1 aliphatic heterocycles. The average molecular weight is 212 g/mol. The van der Waals surface area contributed by atoms with Gasteiger partial charge in [-0.25, -0.2) is 4.98 Å². The fraction of sp³-hybridized carbons (Fsp3) is 0.300. The highest BCUT2D eigenvalue weighted by atomic mass is 35.5. The van der Waals surface area contributed by atoms with Gasteiger partial charge in [0, 0.05) is 5.56 Å². The summed E-state index contributed by atoms with van der Waals surface area (Å²) in [4.78, 5) is 4.00. The molecule has 3 nitrogen and oxygen atoms in total. The number of pyridine rings is 1. The van der Waals surface area contributed by atoms with E-state index in [1.807, 2.05) is 19.1 Å². The first-order valence-corrected chi connectivity index (χ1v) is 4.73. The van der Waals surface area contributed by atoms with Crippen molar-refractivity contribution in [2.45, 2.75) is 19.6 Å². The molecule has 1 N–H and O–H groups in total. The lowest BCUT2D eigenvalue weighted by molar-refractivity contribution is 0.261. The Bertz CT molecular complexity index is 390. The van der Waals surface area contributed by atoms with E-state index in [0.717, 1.165) is 5.56 Å². The van der Waals surface area contributed by atoms with Crippen molar-refractivity contribution in [1.82, 2.24) is 4.98 Å². The Morgan fingerprint density at radius 3 is 3.14 bits per heavy atom. The molecule has 1 aliphatic rings. The van der Waals surface area contributed by atoms with Crippen LogP contribution in [0.2, 0.25) is 5.15 Å². The smallest absolute Gasteiger partial charge is 0.172 e. The van der Waals surface area contributed by atoms with Crippen LogP contribution in [0.25, 0.3) is 6.08 Å². The fourth-order valence-electron chi connectivity index (χ4n) is 1.36. The second kappa shape index (κ2) is 3.59. The summed E-state index contributed by atoms with van der Waals surface area (Å²) < 4.78 is 5.50.